The first-order valence-electron chi connectivity index (χ1n) is 10.3. The van der Waals surface area contributed by atoms with E-state index in [4.69, 9.17) is 4.74 Å². The largest absolute Gasteiger partial charge is 0.379 e. The van der Waals surface area contributed by atoms with Crippen molar-refractivity contribution in [3.63, 3.8) is 0 Å². The van der Waals surface area contributed by atoms with E-state index in [1.165, 1.54) is 28.6 Å². The molecule has 0 bridgehead atoms. The van der Waals surface area contributed by atoms with Crippen LogP contribution in [-0.4, -0.2) is 68.3 Å². The van der Waals surface area contributed by atoms with Crippen LogP contribution >= 0.6 is 0 Å². The number of benzene rings is 2. The summed E-state index contributed by atoms with van der Waals surface area (Å²) < 4.78 is 32.1. The quantitative estimate of drug-likeness (QED) is 0.762. The molecule has 164 valence electrons. The minimum atomic E-state index is -3.62. The van der Waals surface area contributed by atoms with Gasteiger partial charge in [0.1, 0.15) is 6.04 Å². The number of nitrogens with zero attached hydrogens (tertiary/aromatic N) is 2. The highest BCUT2D eigenvalue weighted by molar-refractivity contribution is 7.89. The Morgan fingerprint density at radius 1 is 0.935 bits per heavy atom. The molecule has 4 rings (SSSR count). The fourth-order valence-electron chi connectivity index (χ4n) is 3.90. The van der Waals surface area contributed by atoms with Crippen molar-refractivity contribution in [1.82, 2.24) is 9.21 Å². The average Bonchev–Trinajstić information content (AvgIpc) is 3.30. The van der Waals surface area contributed by atoms with Crippen molar-refractivity contribution in [3.05, 3.63) is 60.2 Å². The highest BCUT2D eigenvalue weighted by atomic mass is 32.2. The van der Waals surface area contributed by atoms with Crippen LogP contribution in [0, 0.1) is 0 Å². The summed E-state index contributed by atoms with van der Waals surface area (Å²) in [6.45, 7) is 1.86. The monoisotopic (exact) mass is 443 g/mol. The molecule has 2 aromatic carbocycles. The molecule has 1 unspecified atom stereocenters. The number of rotatable bonds is 5. The summed E-state index contributed by atoms with van der Waals surface area (Å²) in [4.78, 5) is 27.5. The molecule has 9 heteroatoms. The Balaban J connectivity index is 1.46. The van der Waals surface area contributed by atoms with Crippen molar-refractivity contribution in [2.45, 2.75) is 23.8 Å². The number of anilines is 1. The SMILES string of the molecule is O=C(Nc1ccccc1)C1CCCN1C(=O)c1ccc(S(=O)(=O)N2CCOCC2)cc1. The Morgan fingerprint density at radius 2 is 1.61 bits per heavy atom. The number of carbonyl (C=O) groups is 2. The van der Waals surface area contributed by atoms with Crippen LogP contribution < -0.4 is 5.32 Å². The van der Waals surface area contributed by atoms with E-state index in [9.17, 15) is 18.0 Å². The minimum absolute atomic E-state index is 0.144. The lowest BCUT2D eigenvalue weighted by molar-refractivity contribution is -0.119. The zero-order valence-corrected chi connectivity index (χ0v) is 17.9. The molecule has 2 amide bonds. The Morgan fingerprint density at radius 3 is 2.29 bits per heavy atom. The number of amides is 2. The predicted molar refractivity (Wildman–Crippen MR) is 115 cm³/mol. The first kappa shape index (κ1) is 21.5. The number of ether oxygens (including phenoxy) is 1. The van der Waals surface area contributed by atoms with Crippen LogP contribution in [0.4, 0.5) is 5.69 Å². The van der Waals surface area contributed by atoms with Crippen molar-refractivity contribution in [2.75, 3.05) is 38.2 Å². The van der Waals surface area contributed by atoms with E-state index in [-0.39, 0.29) is 16.7 Å². The number of para-hydroxylation sites is 1. The highest BCUT2D eigenvalue weighted by Crippen LogP contribution is 2.23. The number of hydrogen-bond donors (Lipinski definition) is 1. The molecule has 0 aliphatic carbocycles. The van der Waals surface area contributed by atoms with Crippen molar-refractivity contribution >= 4 is 27.5 Å². The number of sulfonamides is 1. The maximum Gasteiger partial charge on any atom is 0.254 e. The molecule has 2 aliphatic rings. The molecule has 0 saturated carbocycles. The standard InChI is InChI=1S/C22H25N3O5S/c26-21(23-18-5-2-1-3-6-18)20-7-4-12-25(20)22(27)17-8-10-19(11-9-17)31(28,29)24-13-15-30-16-14-24/h1-3,5-6,8-11,20H,4,7,12-16H2,(H,23,26). The van der Waals surface area contributed by atoms with Crippen molar-refractivity contribution < 1.29 is 22.7 Å². The van der Waals surface area contributed by atoms with E-state index in [0.29, 0.717) is 50.5 Å². The lowest BCUT2D eigenvalue weighted by atomic mass is 10.1. The van der Waals surface area contributed by atoms with E-state index < -0.39 is 16.1 Å². The zero-order valence-electron chi connectivity index (χ0n) is 17.1. The van der Waals surface area contributed by atoms with Gasteiger partial charge in [-0.05, 0) is 49.2 Å². The van der Waals surface area contributed by atoms with E-state index >= 15 is 0 Å². The second kappa shape index (κ2) is 9.17. The molecular formula is C22H25N3O5S. The molecule has 0 spiro atoms. The smallest absolute Gasteiger partial charge is 0.254 e. The predicted octanol–water partition coefficient (Wildman–Crippen LogP) is 1.95. The van der Waals surface area contributed by atoms with Gasteiger partial charge in [-0.1, -0.05) is 18.2 Å². The summed E-state index contributed by atoms with van der Waals surface area (Å²) in [5.74, 6) is -0.496. The molecule has 2 aliphatic heterocycles. The Kier molecular flexibility index (Phi) is 6.35. The molecule has 2 saturated heterocycles. The molecular weight excluding hydrogens is 418 g/mol. The first-order valence-corrected chi connectivity index (χ1v) is 11.8. The number of hydrogen-bond acceptors (Lipinski definition) is 5. The summed E-state index contributed by atoms with van der Waals surface area (Å²) in [5, 5.41) is 2.86. The number of carbonyl (C=O) groups excluding carboxylic acids is 2. The van der Waals surface area contributed by atoms with Crippen LogP contribution in [0.15, 0.2) is 59.5 Å². The second-order valence-electron chi connectivity index (χ2n) is 7.55. The average molecular weight is 444 g/mol. The lowest BCUT2D eigenvalue weighted by Gasteiger charge is -2.26. The molecule has 0 radical (unpaired) electrons. The van der Waals surface area contributed by atoms with Gasteiger partial charge in [0, 0.05) is 30.9 Å². The van der Waals surface area contributed by atoms with E-state index in [2.05, 4.69) is 5.32 Å². The van der Waals surface area contributed by atoms with Crippen LogP contribution in [-0.2, 0) is 19.6 Å². The van der Waals surface area contributed by atoms with E-state index in [0.717, 1.165) is 6.42 Å². The van der Waals surface area contributed by atoms with Crippen LogP contribution in [0.25, 0.3) is 0 Å². The van der Waals surface area contributed by atoms with Crippen molar-refractivity contribution in [3.8, 4) is 0 Å². The Bertz CT molecular complexity index is 1030. The topological polar surface area (TPSA) is 96.0 Å². The molecule has 31 heavy (non-hydrogen) atoms. The molecule has 2 fully saturated rings. The normalized spacial score (nSPS) is 19.9. The third-order valence-corrected chi connectivity index (χ3v) is 7.48. The third-order valence-electron chi connectivity index (χ3n) is 5.57. The minimum Gasteiger partial charge on any atom is -0.379 e. The van der Waals surface area contributed by atoms with Gasteiger partial charge in [0.2, 0.25) is 15.9 Å². The molecule has 2 heterocycles. The van der Waals surface area contributed by atoms with E-state index in [1.807, 2.05) is 18.2 Å². The number of morpholine rings is 1. The van der Waals surface area contributed by atoms with Gasteiger partial charge >= 0.3 is 0 Å². The van der Waals surface area contributed by atoms with Gasteiger partial charge in [0.05, 0.1) is 18.1 Å². The second-order valence-corrected chi connectivity index (χ2v) is 9.49. The number of nitrogens with one attached hydrogen (secondary N) is 1. The van der Waals surface area contributed by atoms with Gasteiger partial charge in [-0.2, -0.15) is 4.31 Å². The van der Waals surface area contributed by atoms with Crippen molar-refractivity contribution in [1.29, 1.82) is 0 Å². The van der Waals surface area contributed by atoms with Crippen LogP contribution in [0.5, 0.6) is 0 Å². The fraction of sp³-hybridized carbons (Fsp3) is 0.364. The van der Waals surface area contributed by atoms with Crippen LogP contribution in [0.2, 0.25) is 0 Å². The maximum atomic E-state index is 13.0. The summed E-state index contributed by atoms with van der Waals surface area (Å²) in [5.41, 5.74) is 1.05. The first-order chi connectivity index (χ1) is 15.0. The molecule has 2 aromatic rings. The van der Waals surface area contributed by atoms with Gasteiger partial charge < -0.3 is 15.0 Å². The Hall–Kier alpha value is -2.75. The molecule has 0 aromatic heterocycles. The van der Waals surface area contributed by atoms with Gasteiger partial charge in [-0.25, -0.2) is 8.42 Å². The lowest BCUT2D eigenvalue weighted by Crippen LogP contribution is -2.43. The number of likely N-dealkylation sites (tertiary alicyclic amines) is 1. The maximum absolute atomic E-state index is 13.0. The third kappa shape index (κ3) is 4.63. The molecule has 8 nitrogen and oxygen atoms in total. The van der Waals surface area contributed by atoms with Gasteiger partial charge in [-0.15, -0.1) is 0 Å². The fourth-order valence-corrected chi connectivity index (χ4v) is 5.31. The van der Waals surface area contributed by atoms with Crippen LogP contribution in [0.1, 0.15) is 23.2 Å². The van der Waals surface area contributed by atoms with Gasteiger partial charge in [-0.3, -0.25) is 9.59 Å². The van der Waals surface area contributed by atoms with Crippen LogP contribution in [0.3, 0.4) is 0 Å². The van der Waals surface area contributed by atoms with Crippen molar-refractivity contribution in [2.24, 2.45) is 0 Å². The summed E-state index contributed by atoms with van der Waals surface area (Å²) >= 11 is 0. The highest BCUT2D eigenvalue weighted by Gasteiger charge is 2.35. The van der Waals surface area contributed by atoms with Gasteiger partial charge in [0.15, 0.2) is 0 Å². The Labute approximate surface area is 181 Å². The molecule has 1 N–H and O–H groups in total. The summed E-state index contributed by atoms with van der Waals surface area (Å²) in [6, 6.07) is 14.5. The van der Waals surface area contributed by atoms with Gasteiger partial charge in [0.25, 0.3) is 5.91 Å². The van der Waals surface area contributed by atoms with E-state index in [1.54, 1.807) is 17.0 Å². The summed E-state index contributed by atoms with van der Waals surface area (Å²) in [6.07, 6.45) is 1.33. The molecule has 1 atom stereocenters. The zero-order chi connectivity index (χ0) is 21.8. The summed E-state index contributed by atoms with van der Waals surface area (Å²) in [7, 11) is -3.62.